The summed E-state index contributed by atoms with van der Waals surface area (Å²) < 4.78 is 5.30. The molecule has 0 bridgehead atoms. The summed E-state index contributed by atoms with van der Waals surface area (Å²) in [7, 11) is 1.51. The summed E-state index contributed by atoms with van der Waals surface area (Å²) in [6, 6.07) is 11.8. The molecule has 1 aliphatic heterocycles. The molecule has 1 heterocycles. The van der Waals surface area contributed by atoms with Gasteiger partial charge in [0.2, 0.25) is 5.91 Å². The molecule has 0 atom stereocenters. The van der Waals surface area contributed by atoms with Crippen LogP contribution < -0.4 is 10.1 Å². The number of hydrogen-bond donors (Lipinski definition) is 1. The van der Waals surface area contributed by atoms with E-state index in [0.717, 1.165) is 0 Å². The predicted molar refractivity (Wildman–Crippen MR) is 115 cm³/mol. The van der Waals surface area contributed by atoms with E-state index in [1.54, 1.807) is 52.3 Å². The van der Waals surface area contributed by atoms with Crippen LogP contribution in [-0.4, -0.2) is 60.8 Å². The number of benzene rings is 2. The van der Waals surface area contributed by atoms with Gasteiger partial charge in [0.1, 0.15) is 5.75 Å². The highest BCUT2D eigenvalue weighted by molar-refractivity contribution is 6.31. The Hall–Kier alpha value is -3.06. The van der Waals surface area contributed by atoms with Crippen LogP contribution >= 0.6 is 11.6 Å². The Kier molecular flexibility index (Phi) is 6.95. The number of nitrogens with one attached hydrogen (secondary N) is 1. The van der Waals surface area contributed by atoms with E-state index in [9.17, 15) is 14.4 Å². The minimum absolute atomic E-state index is 0.128. The van der Waals surface area contributed by atoms with Gasteiger partial charge < -0.3 is 19.9 Å². The van der Waals surface area contributed by atoms with E-state index < -0.39 is 0 Å². The Bertz CT molecular complexity index is 963. The normalized spacial score (nSPS) is 14.1. The molecule has 3 amide bonds. The van der Waals surface area contributed by atoms with Crippen LogP contribution in [0.15, 0.2) is 42.5 Å². The third-order valence-electron chi connectivity index (χ3n) is 4.89. The molecule has 7 nitrogen and oxygen atoms in total. The molecule has 0 aromatic heterocycles. The highest BCUT2D eigenvalue weighted by Crippen LogP contribution is 2.25. The number of hydrogen-bond acceptors (Lipinski definition) is 4. The summed E-state index contributed by atoms with van der Waals surface area (Å²) in [4.78, 5) is 40.7. The van der Waals surface area contributed by atoms with Crippen LogP contribution in [0.2, 0.25) is 5.02 Å². The Balaban J connectivity index is 1.71. The minimum atomic E-state index is -0.194. The number of methoxy groups -OCH3 is 1. The second kappa shape index (κ2) is 9.63. The van der Waals surface area contributed by atoms with E-state index >= 15 is 0 Å². The number of ether oxygens (including phenoxy) is 1. The number of carbonyl (C=O) groups excluding carboxylic acids is 3. The van der Waals surface area contributed by atoms with Crippen molar-refractivity contribution in [3.63, 3.8) is 0 Å². The quantitative estimate of drug-likeness (QED) is 0.808. The fourth-order valence-electron chi connectivity index (χ4n) is 3.46. The van der Waals surface area contributed by atoms with Crippen LogP contribution in [0.4, 0.5) is 5.69 Å². The number of anilines is 1. The zero-order chi connectivity index (χ0) is 21.7. The summed E-state index contributed by atoms with van der Waals surface area (Å²) in [5.41, 5.74) is 1.48. The first-order valence-corrected chi connectivity index (χ1v) is 10.1. The van der Waals surface area contributed by atoms with Gasteiger partial charge in [0.25, 0.3) is 11.8 Å². The van der Waals surface area contributed by atoms with Gasteiger partial charge in [0.15, 0.2) is 0 Å². The van der Waals surface area contributed by atoms with Crippen molar-refractivity contribution in [2.24, 2.45) is 0 Å². The average molecular weight is 430 g/mol. The summed E-state index contributed by atoms with van der Waals surface area (Å²) in [5.74, 6) is -0.0236. The van der Waals surface area contributed by atoms with Gasteiger partial charge in [-0.15, -0.1) is 0 Å². The lowest BCUT2D eigenvalue weighted by Gasteiger charge is -2.23. The van der Waals surface area contributed by atoms with Crippen molar-refractivity contribution in [3.05, 3.63) is 58.6 Å². The fourth-order valence-corrected chi connectivity index (χ4v) is 3.63. The molecule has 1 fully saturated rings. The summed E-state index contributed by atoms with van der Waals surface area (Å²) in [6.07, 6.45) is 0.658. The standard InChI is InChI=1S/C22H24ClN3O4/c1-15(27)24-18-6-3-5-16(13-18)21(28)25-9-4-10-26(12-11-25)22(29)19-14-17(23)7-8-20(19)30-2/h3,5-8,13-14H,4,9-12H2,1-2H3,(H,24,27). The van der Waals surface area contributed by atoms with Crippen molar-refractivity contribution in [1.29, 1.82) is 0 Å². The molecule has 0 aliphatic carbocycles. The summed E-state index contributed by atoms with van der Waals surface area (Å²) >= 11 is 6.06. The SMILES string of the molecule is COc1ccc(Cl)cc1C(=O)N1CCCN(C(=O)c2cccc(NC(C)=O)c2)CC1. The van der Waals surface area contributed by atoms with Crippen LogP contribution in [0.1, 0.15) is 34.1 Å². The third-order valence-corrected chi connectivity index (χ3v) is 5.13. The van der Waals surface area contributed by atoms with Crippen molar-refractivity contribution in [1.82, 2.24) is 9.80 Å². The molecule has 8 heteroatoms. The molecule has 2 aromatic rings. The molecule has 0 spiro atoms. The number of halogens is 1. The van der Waals surface area contributed by atoms with E-state index in [1.807, 2.05) is 0 Å². The number of amides is 3. The molecule has 1 saturated heterocycles. The van der Waals surface area contributed by atoms with Crippen molar-refractivity contribution < 1.29 is 19.1 Å². The van der Waals surface area contributed by atoms with Gasteiger partial charge >= 0.3 is 0 Å². The van der Waals surface area contributed by atoms with Gasteiger partial charge in [0.05, 0.1) is 12.7 Å². The monoisotopic (exact) mass is 429 g/mol. The number of carbonyl (C=O) groups is 3. The van der Waals surface area contributed by atoms with Gasteiger partial charge in [0, 0.05) is 49.4 Å². The highest BCUT2D eigenvalue weighted by Gasteiger charge is 2.25. The second-order valence-electron chi connectivity index (χ2n) is 7.04. The minimum Gasteiger partial charge on any atom is -0.496 e. The molecule has 1 N–H and O–H groups in total. The average Bonchev–Trinajstić information content (AvgIpc) is 2.98. The molecule has 1 aliphatic rings. The Morgan fingerprint density at radius 2 is 1.67 bits per heavy atom. The van der Waals surface area contributed by atoms with Gasteiger partial charge in [-0.3, -0.25) is 14.4 Å². The maximum absolute atomic E-state index is 13.0. The van der Waals surface area contributed by atoms with Crippen LogP contribution in [0, 0.1) is 0 Å². The van der Waals surface area contributed by atoms with E-state index in [2.05, 4.69) is 5.32 Å². The topological polar surface area (TPSA) is 79.0 Å². The highest BCUT2D eigenvalue weighted by atomic mass is 35.5. The molecule has 30 heavy (non-hydrogen) atoms. The van der Waals surface area contributed by atoms with Crippen molar-refractivity contribution in [2.75, 3.05) is 38.6 Å². The van der Waals surface area contributed by atoms with Crippen LogP contribution in [-0.2, 0) is 4.79 Å². The lowest BCUT2D eigenvalue weighted by atomic mass is 10.1. The van der Waals surface area contributed by atoms with Crippen molar-refractivity contribution >= 4 is 35.0 Å². The van der Waals surface area contributed by atoms with Crippen LogP contribution in [0.3, 0.4) is 0 Å². The zero-order valence-electron chi connectivity index (χ0n) is 17.0. The molecule has 2 aromatic carbocycles. The number of rotatable bonds is 4. The van der Waals surface area contributed by atoms with Gasteiger partial charge in [-0.1, -0.05) is 17.7 Å². The zero-order valence-corrected chi connectivity index (χ0v) is 17.7. The smallest absolute Gasteiger partial charge is 0.257 e. The lowest BCUT2D eigenvalue weighted by molar-refractivity contribution is -0.114. The molecule has 3 rings (SSSR count). The maximum Gasteiger partial charge on any atom is 0.257 e. The Morgan fingerprint density at radius 3 is 2.33 bits per heavy atom. The molecule has 158 valence electrons. The summed E-state index contributed by atoms with van der Waals surface area (Å²) in [6.45, 7) is 3.32. The van der Waals surface area contributed by atoms with Crippen molar-refractivity contribution in [3.8, 4) is 5.75 Å². The van der Waals surface area contributed by atoms with E-state index in [-0.39, 0.29) is 17.7 Å². The first-order chi connectivity index (χ1) is 14.4. The first kappa shape index (κ1) is 21.6. The largest absolute Gasteiger partial charge is 0.496 e. The lowest BCUT2D eigenvalue weighted by Crippen LogP contribution is -2.37. The first-order valence-electron chi connectivity index (χ1n) is 9.69. The summed E-state index contributed by atoms with van der Waals surface area (Å²) in [5, 5.41) is 3.15. The molecular weight excluding hydrogens is 406 g/mol. The molecular formula is C22H24ClN3O4. The van der Waals surface area contributed by atoms with Crippen LogP contribution in [0.25, 0.3) is 0 Å². The Labute approximate surface area is 180 Å². The molecule has 0 radical (unpaired) electrons. The fraction of sp³-hybridized carbons (Fsp3) is 0.318. The molecule has 0 saturated carbocycles. The van der Waals surface area contributed by atoms with Gasteiger partial charge in [-0.25, -0.2) is 0 Å². The number of nitrogens with zero attached hydrogens (tertiary/aromatic N) is 2. The van der Waals surface area contributed by atoms with Crippen molar-refractivity contribution in [2.45, 2.75) is 13.3 Å². The molecule has 0 unspecified atom stereocenters. The van der Waals surface area contributed by atoms with Gasteiger partial charge in [-0.2, -0.15) is 0 Å². The Morgan fingerprint density at radius 1 is 0.967 bits per heavy atom. The maximum atomic E-state index is 13.0. The third kappa shape index (κ3) is 5.10. The van der Waals surface area contributed by atoms with E-state index in [0.29, 0.717) is 60.2 Å². The van der Waals surface area contributed by atoms with Gasteiger partial charge in [-0.05, 0) is 42.8 Å². The van der Waals surface area contributed by atoms with E-state index in [1.165, 1.54) is 14.0 Å². The van der Waals surface area contributed by atoms with Crippen LogP contribution in [0.5, 0.6) is 5.75 Å². The second-order valence-corrected chi connectivity index (χ2v) is 7.48. The van der Waals surface area contributed by atoms with E-state index in [4.69, 9.17) is 16.3 Å². The predicted octanol–water partition coefficient (Wildman–Crippen LogP) is 3.30.